The van der Waals surface area contributed by atoms with E-state index in [-0.39, 0.29) is 5.91 Å². The molecule has 3 heterocycles. The summed E-state index contributed by atoms with van der Waals surface area (Å²) in [4.78, 5) is 43.3. The monoisotopic (exact) mass is 402 g/mol. The van der Waals surface area contributed by atoms with E-state index < -0.39 is 23.5 Å². The van der Waals surface area contributed by atoms with Gasteiger partial charge in [0.2, 0.25) is 5.91 Å². The SMILES string of the molecule is Cc1cc(-c2csc(NC(=O)C(C)N3C(=O)NC4(CCCC4)C3=O)n2)c(C)o1. The number of carbonyl (C=O) groups excluding carboxylic acids is 3. The molecule has 1 saturated heterocycles. The number of carbonyl (C=O) groups is 3. The zero-order chi connectivity index (χ0) is 20.1. The Bertz CT molecular complexity index is 957. The van der Waals surface area contributed by atoms with E-state index in [0.29, 0.717) is 23.7 Å². The number of thiazole rings is 1. The van der Waals surface area contributed by atoms with Gasteiger partial charge in [-0.25, -0.2) is 14.7 Å². The molecule has 2 fully saturated rings. The normalized spacial score (nSPS) is 19.3. The van der Waals surface area contributed by atoms with Crippen molar-refractivity contribution in [3.8, 4) is 11.3 Å². The van der Waals surface area contributed by atoms with Gasteiger partial charge in [0, 0.05) is 10.9 Å². The summed E-state index contributed by atoms with van der Waals surface area (Å²) in [6, 6.07) is 0.476. The van der Waals surface area contributed by atoms with Crippen LogP contribution in [0.15, 0.2) is 15.9 Å². The molecule has 1 spiro atoms. The maximum Gasteiger partial charge on any atom is 0.325 e. The molecule has 2 aromatic rings. The first-order valence-electron chi connectivity index (χ1n) is 9.30. The molecule has 28 heavy (non-hydrogen) atoms. The number of aromatic nitrogens is 1. The van der Waals surface area contributed by atoms with Crippen LogP contribution in [0.2, 0.25) is 0 Å². The summed E-state index contributed by atoms with van der Waals surface area (Å²) in [5.41, 5.74) is 0.762. The van der Waals surface area contributed by atoms with Gasteiger partial charge < -0.3 is 15.1 Å². The molecule has 2 aromatic heterocycles. The van der Waals surface area contributed by atoms with Crippen LogP contribution in [0.4, 0.5) is 9.93 Å². The molecule has 0 radical (unpaired) electrons. The lowest BCUT2D eigenvalue weighted by Crippen LogP contribution is -2.48. The van der Waals surface area contributed by atoms with E-state index in [1.54, 1.807) is 6.92 Å². The zero-order valence-electron chi connectivity index (χ0n) is 16.0. The summed E-state index contributed by atoms with van der Waals surface area (Å²) in [7, 11) is 0. The Morgan fingerprint density at radius 3 is 2.71 bits per heavy atom. The van der Waals surface area contributed by atoms with E-state index in [9.17, 15) is 14.4 Å². The molecule has 1 aliphatic heterocycles. The minimum Gasteiger partial charge on any atom is -0.466 e. The molecule has 1 unspecified atom stereocenters. The highest BCUT2D eigenvalue weighted by atomic mass is 32.1. The van der Waals surface area contributed by atoms with Crippen LogP contribution in [-0.2, 0) is 9.59 Å². The second kappa shape index (κ2) is 6.73. The van der Waals surface area contributed by atoms with Gasteiger partial charge in [-0.1, -0.05) is 12.8 Å². The third-order valence-corrected chi connectivity index (χ3v) is 6.23. The molecule has 1 atom stereocenters. The minimum absolute atomic E-state index is 0.304. The Labute approximate surface area is 166 Å². The van der Waals surface area contributed by atoms with Crippen LogP contribution in [0.5, 0.6) is 0 Å². The fourth-order valence-corrected chi connectivity index (χ4v) is 4.69. The van der Waals surface area contributed by atoms with Crippen LogP contribution in [0, 0.1) is 13.8 Å². The number of amides is 4. The van der Waals surface area contributed by atoms with Crippen LogP contribution in [0.1, 0.15) is 44.1 Å². The maximum atomic E-state index is 12.8. The average Bonchev–Trinajstić information content (AvgIpc) is 3.39. The topological polar surface area (TPSA) is 105 Å². The first kappa shape index (κ1) is 18.7. The molecule has 4 amide bonds. The summed E-state index contributed by atoms with van der Waals surface area (Å²) < 4.78 is 5.52. The minimum atomic E-state index is -0.919. The average molecular weight is 402 g/mol. The number of hydrogen-bond donors (Lipinski definition) is 2. The number of hydrogen-bond acceptors (Lipinski definition) is 6. The number of furan rings is 1. The Morgan fingerprint density at radius 1 is 1.36 bits per heavy atom. The van der Waals surface area contributed by atoms with Crippen molar-refractivity contribution in [3.05, 3.63) is 23.0 Å². The van der Waals surface area contributed by atoms with Crippen LogP contribution in [-0.4, -0.2) is 39.3 Å². The van der Waals surface area contributed by atoms with E-state index >= 15 is 0 Å². The Morgan fingerprint density at radius 2 is 2.07 bits per heavy atom. The lowest BCUT2D eigenvalue weighted by molar-refractivity contribution is -0.136. The number of aryl methyl sites for hydroxylation is 2. The van der Waals surface area contributed by atoms with Crippen molar-refractivity contribution >= 4 is 34.3 Å². The molecule has 2 aliphatic rings. The van der Waals surface area contributed by atoms with E-state index in [0.717, 1.165) is 34.8 Å². The first-order valence-corrected chi connectivity index (χ1v) is 10.2. The van der Waals surface area contributed by atoms with Gasteiger partial charge in [-0.2, -0.15) is 0 Å². The quantitative estimate of drug-likeness (QED) is 0.764. The largest absolute Gasteiger partial charge is 0.466 e. The van der Waals surface area contributed by atoms with E-state index in [1.165, 1.54) is 11.3 Å². The van der Waals surface area contributed by atoms with Crippen molar-refractivity contribution in [1.82, 2.24) is 15.2 Å². The van der Waals surface area contributed by atoms with Gasteiger partial charge in [-0.05, 0) is 39.7 Å². The number of anilines is 1. The van der Waals surface area contributed by atoms with E-state index in [1.807, 2.05) is 25.3 Å². The summed E-state index contributed by atoms with van der Waals surface area (Å²) in [5.74, 6) is 0.802. The van der Waals surface area contributed by atoms with Gasteiger partial charge in [-0.15, -0.1) is 11.3 Å². The lowest BCUT2D eigenvalue weighted by atomic mass is 9.97. The fraction of sp³-hybridized carbons (Fsp3) is 0.474. The molecule has 148 valence electrons. The van der Waals surface area contributed by atoms with Crippen molar-refractivity contribution in [3.63, 3.8) is 0 Å². The van der Waals surface area contributed by atoms with Crippen molar-refractivity contribution in [2.75, 3.05) is 5.32 Å². The number of urea groups is 1. The van der Waals surface area contributed by atoms with E-state index in [4.69, 9.17) is 4.42 Å². The highest BCUT2D eigenvalue weighted by Gasteiger charge is 2.54. The van der Waals surface area contributed by atoms with Gasteiger partial charge in [0.1, 0.15) is 23.1 Å². The van der Waals surface area contributed by atoms with Crippen LogP contribution in [0.25, 0.3) is 11.3 Å². The smallest absolute Gasteiger partial charge is 0.325 e. The summed E-state index contributed by atoms with van der Waals surface area (Å²) >= 11 is 1.28. The number of imide groups is 1. The highest BCUT2D eigenvalue weighted by Crippen LogP contribution is 2.36. The van der Waals surface area contributed by atoms with Crippen molar-refractivity contribution in [2.45, 2.75) is 58.0 Å². The first-order chi connectivity index (χ1) is 13.3. The molecular formula is C19H22N4O4S. The molecule has 9 heteroatoms. The number of rotatable bonds is 4. The molecule has 1 aliphatic carbocycles. The van der Waals surface area contributed by atoms with Gasteiger partial charge in [0.15, 0.2) is 5.13 Å². The Hall–Kier alpha value is -2.68. The summed E-state index contributed by atoms with van der Waals surface area (Å²) in [6.07, 6.45) is 3.05. The van der Waals surface area contributed by atoms with Crippen molar-refractivity contribution in [1.29, 1.82) is 0 Å². The predicted octanol–water partition coefficient (Wildman–Crippen LogP) is 3.21. The second-order valence-electron chi connectivity index (χ2n) is 7.42. The Balaban J connectivity index is 1.47. The Kier molecular flexibility index (Phi) is 4.49. The molecule has 8 nitrogen and oxygen atoms in total. The lowest BCUT2D eigenvalue weighted by Gasteiger charge is -2.23. The molecule has 1 saturated carbocycles. The van der Waals surface area contributed by atoms with Gasteiger partial charge in [-0.3, -0.25) is 9.59 Å². The van der Waals surface area contributed by atoms with E-state index in [2.05, 4.69) is 15.6 Å². The van der Waals surface area contributed by atoms with Crippen LogP contribution >= 0.6 is 11.3 Å². The molecule has 0 bridgehead atoms. The predicted molar refractivity (Wildman–Crippen MR) is 104 cm³/mol. The highest BCUT2D eigenvalue weighted by molar-refractivity contribution is 7.14. The van der Waals surface area contributed by atoms with Gasteiger partial charge in [0.25, 0.3) is 5.91 Å². The maximum absolute atomic E-state index is 12.8. The third-order valence-electron chi connectivity index (χ3n) is 5.47. The van der Waals surface area contributed by atoms with Gasteiger partial charge in [0.05, 0.1) is 5.69 Å². The molecule has 0 aromatic carbocycles. The number of nitrogens with one attached hydrogen (secondary N) is 2. The standard InChI is InChI=1S/C19H22N4O4S/c1-10-8-13(12(3)27-10)14-9-28-17(20-14)21-15(24)11(2)23-16(25)19(22-18(23)26)6-4-5-7-19/h8-9,11H,4-7H2,1-3H3,(H,22,26)(H,20,21,24). The molecular weight excluding hydrogens is 380 g/mol. The zero-order valence-corrected chi connectivity index (χ0v) is 16.8. The second-order valence-corrected chi connectivity index (χ2v) is 8.28. The molecule has 2 N–H and O–H groups in total. The number of nitrogens with zero attached hydrogens (tertiary/aromatic N) is 2. The van der Waals surface area contributed by atoms with Crippen molar-refractivity contribution < 1.29 is 18.8 Å². The van der Waals surface area contributed by atoms with Crippen LogP contribution < -0.4 is 10.6 Å². The summed E-state index contributed by atoms with van der Waals surface area (Å²) in [6.45, 7) is 5.28. The van der Waals surface area contributed by atoms with Crippen LogP contribution in [0.3, 0.4) is 0 Å². The van der Waals surface area contributed by atoms with Crippen molar-refractivity contribution in [2.24, 2.45) is 0 Å². The third kappa shape index (κ3) is 2.99. The van der Waals surface area contributed by atoms with Gasteiger partial charge >= 0.3 is 6.03 Å². The fourth-order valence-electron chi connectivity index (χ4n) is 3.98. The summed E-state index contributed by atoms with van der Waals surface area (Å²) in [5, 5.41) is 7.76. The molecule has 4 rings (SSSR count).